The number of oxazole rings is 1. The van der Waals surface area contributed by atoms with Crippen LogP contribution in [0.4, 0.5) is 5.69 Å². The minimum absolute atomic E-state index is 0.111. The number of anilines is 1. The van der Waals surface area contributed by atoms with E-state index in [2.05, 4.69) is 10.1 Å². The fraction of sp³-hybridized carbons (Fsp3) is 0.150. The van der Waals surface area contributed by atoms with Gasteiger partial charge in [0.2, 0.25) is 11.7 Å². The van der Waals surface area contributed by atoms with Gasteiger partial charge in [0.25, 0.3) is 5.91 Å². The quantitative estimate of drug-likeness (QED) is 0.310. The smallest absolute Gasteiger partial charge is 0.302 e. The zero-order valence-corrected chi connectivity index (χ0v) is 15.4. The highest BCUT2D eigenvalue weighted by atomic mass is 16.5. The maximum absolute atomic E-state index is 13.1. The van der Waals surface area contributed by atoms with Crippen LogP contribution in [-0.2, 0) is 14.4 Å². The van der Waals surface area contributed by atoms with Crippen LogP contribution in [0.5, 0.6) is 5.75 Å². The molecule has 1 saturated heterocycles. The summed E-state index contributed by atoms with van der Waals surface area (Å²) in [5.74, 6) is 1.39. The Morgan fingerprint density at radius 1 is 1.10 bits per heavy atom. The van der Waals surface area contributed by atoms with Crippen LogP contribution in [0.15, 0.2) is 58.0 Å². The highest BCUT2D eigenvalue weighted by molar-refractivity contribution is 6.67. The molecule has 1 aromatic heterocycles. The van der Waals surface area contributed by atoms with E-state index in [0.29, 0.717) is 17.7 Å². The normalized spacial score (nSPS) is 18.7. The van der Waals surface area contributed by atoms with Gasteiger partial charge < -0.3 is 15.0 Å². The molecule has 1 unspecified atom stereocenters. The number of nitrogens with zero attached hydrogens (tertiary/aromatic N) is 3. The molecule has 0 radical (unpaired) electrons. The Morgan fingerprint density at radius 3 is 2.55 bits per heavy atom. The molecule has 2 heterocycles. The van der Waals surface area contributed by atoms with Gasteiger partial charge in [-0.25, -0.2) is 9.88 Å². The second kappa shape index (κ2) is 7.19. The number of amides is 2. The first kappa shape index (κ1) is 18.4. The number of piperidine rings is 1. The summed E-state index contributed by atoms with van der Waals surface area (Å²) in [5.41, 5.74) is 0.689. The van der Waals surface area contributed by atoms with E-state index in [1.54, 1.807) is 49.4 Å². The van der Waals surface area contributed by atoms with Gasteiger partial charge in [0.15, 0.2) is 11.5 Å². The molecule has 2 aromatic carbocycles. The maximum atomic E-state index is 13.1. The van der Waals surface area contributed by atoms with Crippen molar-refractivity contribution in [3.05, 3.63) is 54.4 Å². The lowest BCUT2D eigenvalue weighted by Gasteiger charge is -2.29. The van der Waals surface area contributed by atoms with Gasteiger partial charge in [0, 0.05) is 0 Å². The Morgan fingerprint density at radius 2 is 1.83 bits per heavy atom. The number of nitrogens with two attached hydrogens (primary N) is 1. The van der Waals surface area contributed by atoms with Crippen LogP contribution in [0.25, 0.3) is 11.1 Å². The van der Waals surface area contributed by atoms with Crippen LogP contribution in [-0.4, -0.2) is 34.9 Å². The van der Waals surface area contributed by atoms with E-state index in [-0.39, 0.29) is 23.0 Å². The van der Waals surface area contributed by atoms with Gasteiger partial charge in [-0.2, -0.15) is 5.10 Å². The van der Waals surface area contributed by atoms with E-state index in [1.807, 2.05) is 0 Å². The van der Waals surface area contributed by atoms with Gasteiger partial charge in [-0.15, -0.1) is 0 Å². The summed E-state index contributed by atoms with van der Waals surface area (Å²) in [5, 5.41) is 3.50. The third kappa shape index (κ3) is 2.92. The van der Waals surface area contributed by atoms with Gasteiger partial charge >= 0.3 is 5.91 Å². The summed E-state index contributed by atoms with van der Waals surface area (Å²) in [6, 6.07) is 13.2. The van der Waals surface area contributed by atoms with E-state index in [4.69, 9.17) is 15.0 Å². The van der Waals surface area contributed by atoms with Crippen LogP contribution >= 0.6 is 0 Å². The van der Waals surface area contributed by atoms with Crippen LogP contribution in [0.1, 0.15) is 18.7 Å². The molecule has 0 saturated carbocycles. The van der Waals surface area contributed by atoms with Crippen LogP contribution < -0.4 is 15.5 Å². The number of ketones is 1. The lowest BCUT2D eigenvalue weighted by atomic mass is 9.91. The van der Waals surface area contributed by atoms with Crippen molar-refractivity contribution in [2.45, 2.75) is 12.8 Å². The SMILES string of the molecule is CCOc1ccccc1N1C(=O)C(=O)C(c2nc3ccccc3o2)C(=NN)C1=O. The molecular weight excluding hydrogens is 376 g/mol. The van der Waals surface area contributed by atoms with Gasteiger partial charge in [-0.1, -0.05) is 24.3 Å². The molecule has 4 rings (SSSR count). The first-order valence-corrected chi connectivity index (χ1v) is 8.84. The predicted molar refractivity (Wildman–Crippen MR) is 103 cm³/mol. The van der Waals surface area contributed by atoms with E-state index < -0.39 is 23.5 Å². The Kier molecular flexibility index (Phi) is 4.55. The minimum atomic E-state index is -1.41. The number of para-hydroxylation sites is 4. The molecule has 0 spiro atoms. The molecule has 1 aliphatic rings. The summed E-state index contributed by atoms with van der Waals surface area (Å²) in [7, 11) is 0. The molecule has 0 aliphatic carbocycles. The molecule has 0 bridgehead atoms. The molecule has 146 valence electrons. The van der Waals surface area contributed by atoms with Crippen molar-refractivity contribution in [3.63, 3.8) is 0 Å². The van der Waals surface area contributed by atoms with Crippen LogP contribution in [0.2, 0.25) is 0 Å². The number of carbonyl (C=O) groups is 3. The van der Waals surface area contributed by atoms with E-state index in [0.717, 1.165) is 4.90 Å². The fourth-order valence-electron chi connectivity index (χ4n) is 3.20. The number of Topliss-reactive ketones (excluding diaryl/α,β-unsaturated/α-hetero) is 1. The number of hydrogen-bond donors (Lipinski definition) is 1. The number of hydrazone groups is 1. The monoisotopic (exact) mass is 392 g/mol. The number of aromatic nitrogens is 1. The number of carbonyl (C=O) groups excluding carboxylic acids is 3. The molecule has 9 heteroatoms. The molecule has 1 fully saturated rings. The number of ether oxygens (including phenoxy) is 1. The molecule has 9 nitrogen and oxygen atoms in total. The third-order valence-corrected chi connectivity index (χ3v) is 4.47. The zero-order chi connectivity index (χ0) is 20.5. The molecule has 29 heavy (non-hydrogen) atoms. The highest BCUT2D eigenvalue weighted by Crippen LogP contribution is 2.34. The Labute approximate surface area is 164 Å². The second-order valence-electron chi connectivity index (χ2n) is 6.18. The Balaban J connectivity index is 1.80. The largest absolute Gasteiger partial charge is 0.492 e. The Hall–Kier alpha value is -4.01. The average molecular weight is 392 g/mol. The topological polar surface area (TPSA) is 128 Å². The number of imide groups is 1. The zero-order valence-electron chi connectivity index (χ0n) is 15.4. The average Bonchev–Trinajstić information content (AvgIpc) is 3.15. The van der Waals surface area contributed by atoms with E-state index in [9.17, 15) is 14.4 Å². The van der Waals surface area contributed by atoms with Crippen LogP contribution in [0.3, 0.4) is 0 Å². The van der Waals surface area contributed by atoms with E-state index in [1.165, 1.54) is 6.07 Å². The summed E-state index contributed by atoms with van der Waals surface area (Å²) in [6.45, 7) is 2.07. The molecule has 2 N–H and O–H groups in total. The minimum Gasteiger partial charge on any atom is -0.492 e. The first-order chi connectivity index (χ1) is 14.1. The highest BCUT2D eigenvalue weighted by Gasteiger charge is 2.49. The lowest BCUT2D eigenvalue weighted by molar-refractivity contribution is -0.139. The molecular formula is C20H16N4O5. The van der Waals surface area contributed by atoms with Gasteiger partial charge in [0.05, 0.1) is 12.3 Å². The van der Waals surface area contributed by atoms with Crippen molar-refractivity contribution in [2.24, 2.45) is 10.9 Å². The molecule has 3 aromatic rings. The molecule has 1 atom stereocenters. The lowest BCUT2D eigenvalue weighted by Crippen LogP contribution is -2.55. The first-order valence-electron chi connectivity index (χ1n) is 8.84. The number of fused-ring (bicyclic) bond motifs is 1. The van der Waals surface area contributed by atoms with Crippen molar-refractivity contribution < 1.29 is 23.5 Å². The maximum Gasteiger partial charge on any atom is 0.302 e. The van der Waals surface area contributed by atoms with Crippen molar-refractivity contribution in [1.82, 2.24) is 4.98 Å². The van der Waals surface area contributed by atoms with Crippen molar-refractivity contribution in [3.8, 4) is 5.75 Å². The van der Waals surface area contributed by atoms with Crippen molar-refractivity contribution in [2.75, 3.05) is 11.5 Å². The van der Waals surface area contributed by atoms with E-state index >= 15 is 0 Å². The fourth-order valence-corrected chi connectivity index (χ4v) is 3.20. The summed E-state index contributed by atoms with van der Waals surface area (Å²) >= 11 is 0. The van der Waals surface area contributed by atoms with Gasteiger partial charge in [0.1, 0.15) is 17.0 Å². The standard InChI is InChI=1S/C20H16N4O5/c1-2-28-14-10-6-4-8-12(14)24-19(26)16(23-21)15(17(25)20(24)27)18-22-11-7-3-5-9-13(11)29-18/h3-10,15H,2,21H2,1H3. The summed E-state index contributed by atoms with van der Waals surface area (Å²) in [4.78, 5) is 43.9. The van der Waals surface area contributed by atoms with Crippen molar-refractivity contribution >= 4 is 40.1 Å². The summed E-state index contributed by atoms with van der Waals surface area (Å²) in [6.07, 6.45) is 0. The molecule has 1 aliphatic heterocycles. The van der Waals surface area contributed by atoms with Crippen molar-refractivity contribution in [1.29, 1.82) is 0 Å². The summed E-state index contributed by atoms with van der Waals surface area (Å²) < 4.78 is 11.1. The van der Waals surface area contributed by atoms with Gasteiger partial charge in [-0.05, 0) is 31.2 Å². The van der Waals surface area contributed by atoms with Crippen LogP contribution in [0, 0.1) is 0 Å². The molecule has 2 amide bonds. The van der Waals surface area contributed by atoms with Gasteiger partial charge in [-0.3, -0.25) is 14.4 Å². The number of benzene rings is 2. The third-order valence-electron chi connectivity index (χ3n) is 4.47. The second-order valence-corrected chi connectivity index (χ2v) is 6.18. The number of rotatable bonds is 4. The predicted octanol–water partition coefficient (Wildman–Crippen LogP) is 1.77. The number of hydrogen-bond acceptors (Lipinski definition) is 8. The Bertz CT molecular complexity index is 1130.